The zero-order valence-corrected chi connectivity index (χ0v) is 15.2. The summed E-state index contributed by atoms with van der Waals surface area (Å²) in [5.41, 5.74) is 0.457. The van der Waals surface area contributed by atoms with Gasteiger partial charge in [0.1, 0.15) is 0 Å². The van der Waals surface area contributed by atoms with E-state index in [0.717, 1.165) is 23.1 Å². The number of hydrogen-bond acceptors (Lipinski definition) is 3. The first-order valence-electron chi connectivity index (χ1n) is 6.77. The predicted molar refractivity (Wildman–Crippen MR) is 80.3 cm³/mol. The molecule has 5 heteroatoms. The Kier molecular flexibility index (Phi) is 5.37. The molecule has 0 aromatic rings. The molecule has 0 aromatic carbocycles. The average Bonchev–Trinajstić information content (AvgIpc) is 2.25. The first-order valence-corrected chi connectivity index (χ1v) is 11.2. The smallest absolute Gasteiger partial charge is 0.335 e. The van der Waals surface area contributed by atoms with Gasteiger partial charge in [0.2, 0.25) is 0 Å². The summed E-state index contributed by atoms with van der Waals surface area (Å²) >= 11 is 0. The molecule has 0 atom stereocenters. The van der Waals surface area contributed by atoms with Crippen LogP contribution in [0.25, 0.3) is 0 Å². The van der Waals surface area contributed by atoms with Crippen molar-refractivity contribution in [1.82, 2.24) is 0 Å². The normalized spacial score (nSPS) is 19.5. The SMILES string of the molecule is C=C(CO[Si](C)(C)C)C(=O)OC1([SiH3])CCCCC1. The molecule has 0 bridgehead atoms. The number of carbonyl (C=O) groups excluding carboxylic acids is 1. The maximum atomic E-state index is 12.0. The van der Waals surface area contributed by atoms with Gasteiger partial charge in [-0.2, -0.15) is 0 Å². The highest BCUT2D eigenvalue weighted by atomic mass is 28.4. The van der Waals surface area contributed by atoms with E-state index in [2.05, 4.69) is 26.2 Å². The number of hydrogen-bond donors (Lipinski definition) is 0. The van der Waals surface area contributed by atoms with Crippen molar-refractivity contribution in [2.45, 2.75) is 57.0 Å². The van der Waals surface area contributed by atoms with Crippen molar-refractivity contribution in [3.05, 3.63) is 12.2 Å². The number of rotatable bonds is 5. The third kappa shape index (κ3) is 5.50. The minimum Gasteiger partial charge on any atom is -0.461 e. The minimum absolute atomic E-state index is 0.155. The van der Waals surface area contributed by atoms with Gasteiger partial charge in [0, 0.05) is 0 Å². The third-order valence-electron chi connectivity index (χ3n) is 3.22. The second-order valence-electron chi connectivity index (χ2n) is 6.40. The molecule has 1 fully saturated rings. The van der Waals surface area contributed by atoms with Crippen LogP contribution in [0.2, 0.25) is 19.6 Å². The van der Waals surface area contributed by atoms with Gasteiger partial charge in [-0.25, -0.2) is 4.79 Å². The molecule has 0 amide bonds. The van der Waals surface area contributed by atoms with E-state index in [4.69, 9.17) is 9.16 Å². The molecule has 1 aliphatic rings. The van der Waals surface area contributed by atoms with Crippen LogP contribution in [-0.4, -0.2) is 36.4 Å². The maximum Gasteiger partial charge on any atom is 0.335 e. The fourth-order valence-corrected chi connectivity index (χ4v) is 3.56. The highest BCUT2D eigenvalue weighted by Gasteiger charge is 2.31. The lowest BCUT2D eigenvalue weighted by Gasteiger charge is -2.33. The molecule has 1 rings (SSSR count). The van der Waals surface area contributed by atoms with E-state index >= 15 is 0 Å². The van der Waals surface area contributed by atoms with E-state index in [-0.39, 0.29) is 11.2 Å². The first kappa shape index (κ1) is 15.7. The lowest BCUT2D eigenvalue weighted by molar-refractivity contribution is -0.149. The lowest BCUT2D eigenvalue weighted by Crippen LogP contribution is -2.38. The van der Waals surface area contributed by atoms with E-state index < -0.39 is 8.32 Å². The van der Waals surface area contributed by atoms with Gasteiger partial charge in [-0.3, -0.25) is 0 Å². The Morgan fingerprint density at radius 3 is 2.33 bits per heavy atom. The molecule has 0 saturated heterocycles. The van der Waals surface area contributed by atoms with Crippen LogP contribution in [0.15, 0.2) is 12.2 Å². The predicted octanol–water partition coefficient (Wildman–Crippen LogP) is 1.96. The number of carbonyl (C=O) groups is 1. The fraction of sp³-hybridized carbons (Fsp3) is 0.769. The Labute approximate surface area is 114 Å². The Balaban J connectivity index is 2.42. The summed E-state index contributed by atoms with van der Waals surface area (Å²) in [5.74, 6) is -0.259. The van der Waals surface area contributed by atoms with Gasteiger partial charge in [0.25, 0.3) is 0 Å². The van der Waals surface area contributed by atoms with Crippen molar-refractivity contribution in [3.63, 3.8) is 0 Å². The molecule has 18 heavy (non-hydrogen) atoms. The topological polar surface area (TPSA) is 35.5 Å². The summed E-state index contributed by atoms with van der Waals surface area (Å²) < 4.78 is 11.3. The molecule has 0 unspecified atom stereocenters. The van der Waals surface area contributed by atoms with Crippen molar-refractivity contribution in [1.29, 1.82) is 0 Å². The third-order valence-corrected chi connectivity index (χ3v) is 5.43. The van der Waals surface area contributed by atoms with E-state index in [9.17, 15) is 4.79 Å². The van der Waals surface area contributed by atoms with E-state index in [1.165, 1.54) is 19.3 Å². The minimum atomic E-state index is -1.60. The van der Waals surface area contributed by atoms with E-state index in [1.54, 1.807) is 0 Å². The standard InChI is InChI=1S/C13H26O3Si2/c1-11(10-15-18(2,3)4)12(14)16-13(17)8-6-5-7-9-13/h1,5-10H2,2-4,17H3. The van der Waals surface area contributed by atoms with Gasteiger partial charge < -0.3 is 9.16 Å². The molecular weight excluding hydrogens is 260 g/mol. The molecule has 1 saturated carbocycles. The summed E-state index contributed by atoms with van der Waals surface area (Å²) in [4.78, 5) is 12.0. The zero-order chi connectivity index (χ0) is 13.8. The summed E-state index contributed by atoms with van der Waals surface area (Å²) in [5, 5.41) is -0.155. The molecule has 1 aliphatic carbocycles. The van der Waals surface area contributed by atoms with Crippen molar-refractivity contribution < 1.29 is 14.0 Å². The Morgan fingerprint density at radius 2 is 1.83 bits per heavy atom. The van der Waals surface area contributed by atoms with Crippen LogP contribution in [-0.2, 0) is 14.0 Å². The van der Waals surface area contributed by atoms with E-state index in [1.807, 2.05) is 0 Å². The largest absolute Gasteiger partial charge is 0.461 e. The maximum absolute atomic E-state index is 12.0. The highest BCUT2D eigenvalue weighted by molar-refractivity contribution is 6.69. The second kappa shape index (κ2) is 6.17. The van der Waals surface area contributed by atoms with Crippen molar-refractivity contribution in [2.75, 3.05) is 6.61 Å². The molecular formula is C13H26O3Si2. The molecule has 0 aliphatic heterocycles. The summed E-state index contributed by atoms with van der Waals surface area (Å²) in [6.07, 6.45) is 5.66. The molecule has 0 N–H and O–H groups in total. The van der Waals surface area contributed by atoms with Crippen molar-refractivity contribution in [3.8, 4) is 0 Å². The Morgan fingerprint density at radius 1 is 1.28 bits per heavy atom. The van der Waals surface area contributed by atoms with Crippen LogP contribution in [0.4, 0.5) is 0 Å². The van der Waals surface area contributed by atoms with Gasteiger partial charge in [-0.15, -0.1) is 0 Å². The van der Waals surface area contributed by atoms with Gasteiger partial charge >= 0.3 is 5.97 Å². The van der Waals surface area contributed by atoms with Crippen LogP contribution in [0.3, 0.4) is 0 Å². The highest BCUT2D eigenvalue weighted by Crippen LogP contribution is 2.29. The molecule has 0 radical (unpaired) electrons. The van der Waals surface area contributed by atoms with Gasteiger partial charge in [0.15, 0.2) is 8.32 Å². The molecule has 104 valence electrons. The van der Waals surface area contributed by atoms with Crippen LogP contribution >= 0.6 is 0 Å². The monoisotopic (exact) mass is 286 g/mol. The quantitative estimate of drug-likeness (QED) is 0.440. The zero-order valence-electron chi connectivity index (χ0n) is 12.2. The molecule has 0 spiro atoms. The number of esters is 1. The number of ether oxygens (including phenoxy) is 1. The average molecular weight is 287 g/mol. The van der Waals surface area contributed by atoms with Crippen molar-refractivity contribution >= 4 is 24.5 Å². The summed E-state index contributed by atoms with van der Waals surface area (Å²) in [6.45, 7) is 10.4. The van der Waals surface area contributed by atoms with Crippen LogP contribution < -0.4 is 0 Å². The van der Waals surface area contributed by atoms with Gasteiger partial charge in [-0.1, -0.05) is 13.0 Å². The van der Waals surface area contributed by atoms with Gasteiger partial charge in [-0.05, 0) is 45.3 Å². The van der Waals surface area contributed by atoms with Crippen LogP contribution in [0.1, 0.15) is 32.1 Å². The Hall–Kier alpha value is -0.396. The lowest BCUT2D eigenvalue weighted by atomic mass is 9.97. The van der Waals surface area contributed by atoms with Crippen LogP contribution in [0.5, 0.6) is 0 Å². The first-order chi connectivity index (χ1) is 8.22. The van der Waals surface area contributed by atoms with E-state index in [0.29, 0.717) is 12.2 Å². The second-order valence-corrected chi connectivity index (χ2v) is 12.7. The molecule has 3 nitrogen and oxygen atoms in total. The molecule has 0 heterocycles. The van der Waals surface area contributed by atoms with Crippen molar-refractivity contribution in [2.24, 2.45) is 0 Å². The molecule has 0 aromatic heterocycles. The fourth-order valence-electron chi connectivity index (χ4n) is 2.06. The summed E-state index contributed by atoms with van der Waals surface area (Å²) in [7, 11) is -0.694. The van der Waals surface area contributed by atoms with Crippen LogP contribution in [0, 0.1) is 0 Å². The summed E-state index contributed by atoms with van der Waals surface area (Å²) in [6, 6.07) is 0. The Bertz CT molecular complexity index is 315. The van der Waals surface area contributed by atoms with Gasteiger partial charge in [0.05, 0.1) is 27.6 Å².